The van der Waals surface area contributed by atoms with Crippen LogP contribution in [-0.2, 0) is 0 Å². The molecule has 1 fully saturated rings. The molecule has 0 aromatic rings. The van der Waals surface area contributed by atoms with Gasteiger partial charge in [-0.3, -0.25) is 0 Å². The molecule has 0 spiro atoms. The summed E-state index contributed by atoms with van der Waals surface area (Å²) in [4.78, 5) is 2.54. The molecule has 0 aliphatic carbocycles. The lowest BCUT2D eigenvalue weighted by molar-refractivity contribution is 0.188. The number of aliphatic hydroxyl groups is 1. The highest BCUT2D eigenvalue weighted by molar-refractivity contribution is 4.90. The van der Waals surface area contributed by atoms with Crippen LogP contribution in [0.5, 0.6) is 0 Å². The third-order valence-electron chi connectivity index (χ3n) is 3.83. The van der Waals surface area contributed by atoms with Crippen LogP contribution in [0.15, 0.2) is 0 Å². The van der Waals surface area contributed by atoms with Crippen LogP contribution in [0.2, 0.25) is 0 Å². The Kier molecular flexibility index (Phi) is 5.03. The molecular formula is C12H26N2O. The molecule has 1 rings (SSSR count). The standard InChI is InChI=1S/C12H26N2O/c1-11(2)14-8-4-5-12(13-3,6-9-14)7-10-15/h11,13,15H,4-10H2,1-3H3. The first-order chi connectivity index (χ1) is 7.13. The molecule has 1 aliphatic heterocycles. The number of nitrogens with zero attached hydrogens (tertiary/aromatic N) is 1. The molecule has 1 aliphatic rings. The van der Waals surface area contributed by atoms with Gasteiger partial charge in [-0.2, -0.15) is 0 Å². The molecular weight excluding hydrogens is 188 g/mol. The summed E-state index contributed by atoms with van der Waals surface area (Å²) in [5, 5.41) is 12.6. The van der Waals surface area contributed by atoms with Gasteiger partial charge >= 0.3 is 0 Å². The predicted molar refractivity (Wildman–Crippen MR) is 64.1 cm³/mol. The number of aliphatic hydroxyl groups excluding tert-OH is 1. The Bertz CT molecular complexity index is 184. The van der Waals surface area contributed by atoms with Gasteiger partial charge in [0.15, 0.2) is 0 Å². The Morgan fingerprint density at radius 1 is 1.33 bits per heavy atom. The highest BCUT2D eigenvalue weighted by Gasteiger charge is 2.30. The van der Waals surface area contributed by atoms with Gasteiger partial charge in [0.05, 0.1) is 0 Å². The van der Waals surface area contributed by atoms with Crippen LogP contribution in [0.25, 0.3) is 0 Å². The molecule has 0 amide bonds. The third-order valence-corrected chi connectivity index (χ3v) is 3.83. The van der Waals surface area contributed by atoms with Crippen LogP contribution in [-0.4, -0.2) is 48.3 Å². The maximum Gasteiger partial charge on any atom is 0.0448 e. The summed E-state index contributed by atoms with van der Waals surface area (Å²) in [7, 11) is 2.03. The van der Waals surface area contributed by atoms with Crippen molar-refractivity contribution in [2.75, 3.05) is 26.7 Å². The van der Waals surface area contributed by atoms with Crippen molar-refractivity contribution in [3.63, 3.8) is 0 Å². The summed E-state index contributed by atoms with van der Waals surface area (Å²) in [5.41, 5.74) is 0.179. The molecule has 1 atom stereocenters. The molecule has 1 saturated heterocycles. The van der Waals surface area contributed by atoms with E-state index in [2.05, 4.69) is 24.1 Å². The summed E-state index contributed by atoms with van der Waals surface area (Å²) in [5.74, 6) is 0. The average molecular weight is 214 g/mol. The monoisotopic (exact) mass is 214 g/mol. The summed E-state index contributed by atoms with van der Waals surface area (Å²) in [6.45, 7) is 7.17. The van der Waals surface area contributed by atoms with Crippen LogP contribution in [0, 0.1) is 0 Å². The predicted octanol–water partition coefficient (Wildman–Crippen LogP) is 1.22. The largest absolute Gasteiger partial charge is 0.396 e. The van der Waals surface area contributed by atoms with Crippen LogP contribution >= 0.6 is 0 Å². The van der Waals surface area contributed by atoms with Gasteiger partial charge in [0, 0.05) is 24.7 Å². The minimum Gasteiger partial charge on any atom is -0.396 e. The number of rotatable bonds is 4. The Morgan fingerprint density at radius 2 is 2.07 bits per heavy atom. The van der Waals surface area contributed by atoms with Gasteiger partial charge in [-0.25, -0.2) is 0 Å². The van der Waals surface area contributed by atoms with Gasteiger partial charge in [0.25, 0.3) is 0 Å². The minimum absolute atomic E-state index is 0.179. The molecule has 0 aromatic carbocycles. The van der Waals surface area contributed by atoms with E-state index in [9.17, 15) is 0 Å². The zero-order chi connectivity index (χ0) is 11.3. The summed E-state index contributed by atoms with van der Waals surface area (Å²) >= 11 is 0. The van der Waals surface area contributed by atoms with E-state index in [0.29, 0.717) is 12.6 Å². The fourth-order valence-corrected chi connectivity index (χ4v) is 2.57. The first kappa shape index (κ1) is 12.9. The number of nitrogens with one attached hydrogen (secondary N) is 1. The highest BCUT2D eigenvalue weighted by Crippen LogP contribution is 2.25. The fraction of sp³-hybridized carbons (Fsp3) is 1.00. The van der Waals surface area contributed by atoms with E-state index >= 15 is 0 Å². The second kappa shape index (κ2) is 5.83. The first-order valence-corrected chi connectivity index (χ1v) is 6.17. The quantitative estimate of drug-likeness (QED) is 0.738. The van der Waals surface area contributed by atoms with Crippen molar-refractivity contribution in [2.24, 2.45) is 0 Å². The van der Waals surface area contributed by atoms with Gasteiger partial charge in [-0.15, -0.1) is 0 Å². The third kappa shape index (κ3) is 3.44. The van der Waals surface area contributed by atoms with Crippen molar-refractivity contribution in [1.29, 1.82) is 0 Å². The Balaban J connectivity index is 2.56. The number of likely N-dealkylation sites (tertiary alicyclic amines) is 1. The molecule has 90 valence electrons. The molecule has 1 heterocycles. The first-order valence-electron chi connectivity index (χ1n) is 6.17. The molecule has 0 aromatic heterocycles. The van der Waals surface area contributed by atoms with E-state index in [1.165, 1.54) is 19.4 Å². The SMILES string of the molecule is CNC1(CCO)CCCN(C(C)C)CC1. The average Bonchev–Trinajstić information content (AvgIpc) is 2.42. The van der Waals surface area contributed by atoms with Crippen LogP contribution < -0.4 is 5.32 Å². The van der Waals surface area contributed by atoms with E-state index in [1.807, 2.05) is 7.05 Å². The van der Waals surface area contributed by atoms with E-state index in [4.69, 9.17) is 5.11 Å². The molecule has 3 nitrogen and oxygen atoms in total. The van der Waals surface area contributed by atoms with Crippen molar-refractivity contribution in [3.05, 3.63) is 0 Å². The lowest BCUT2D eigenvalue weighted by Crippen LogP contribution is -2.44. The van der Waals surface area contributed by atoms with Gasteiger partial charge in [0.2, 0.25) is 0 Å². The van der Waals surface area contributed by atoms with Crippen LogP contribution in [0.1, 0.15) is 39.5 Å². The van der Waals surface area contributed by atoms with Gasteiger partial charge in [-0.1, -0.05) is 0 Å². The Morgan fingerprint density at radius 3 is 2.60 bits per heavy atom. The molecule has 3 heteroatoms. The zero-order valence-electron chi connectivity index (χ0n) is 10.4. The van der Waals surface area contributed by atoms with E-state index in [-0.39, 0.29) is 5.54 Å². The number of hydrogen-bond donors (Lipinski definition) is 2. The Labute approximate surface area is 93.9 Å². The van der Waals surface area contributed by atoms with Crippen molar-refractivity contribution >= 4 is 0 Å². The van der Waals surface area contributed by atoms with Gasteiger partial charge in [-0.05, 0) is 53.1 Å². The summed E-state index contributed by atoms with van der Waals surface area (Å²) in [6.07, 6.45) is 4.46. The maximum atomic E-state index is 9.13. The molecule has 15 heavy (non-hydrogen) atoms. The van der Waals surface area contributed by atoms with Crippen molar-refractivity contribution in [3.8, 4) is 0 Å². The fourth-order valence-electron chi connectivity index (χ4n) is 2.57. The topological polar surface area (TPSA) is 35.5 Å². The van der Waals surface area contributed by atoms with Crippen molar-refractivity contribution in [1.82, 2.24) is 10.2 Å². The highest BCUT2D eigenvalue weighted by atomic mass is 16.3. The maximum absolute atomic E-state index is 9.13. The van der Waals surface area contributed by atoms with Gasteiger partial charge in [0.1, 0.15) is 0 Å². The van der Waals surface area contributed by atoms with E-state index < -0.39 is 0 Å². The second-order valence-corrected chi connectivity index (χ2v) is 4.99. The molecule has 0 radical (unpaired) electrons. The lowest BCUT2D eigenvalue weighted by Gasteiger charge is -2.32. The zero-order valence-corrected chi connectivity index (χ0v) is 10.4. The normalized spacial score (nSPS) is 29.4. The molecule has 0 saturated carbocycles. The molecule has 1 unspecified atom stereocenters. The van der Waals surface area contributed by atoms with E-state index in [1.54, 1.807) is 0 Å². The van der Waals surface area contributed by atoms with Crippen molar-refractivity contribution in [2.45, 2.75) is 51.1 Å². The number of hydrogen-bond acceptors (Lipinski definition) is 3. The van der Waals surface area contributed by atoms with Crippen LogP contribution in [0.3, 0.4) is 0 Å². The Hall–Kier alpha value is -0.120. The smallest absolute Gasteiger partial charge is 0.0448 e. The lowest BCUT2D eigenvalue weighted by atomic mass is 9.87. The van der Waals surface area contributed by atoms with E-state index in [0.717, 1.165) is 19.4 Å². The van der Waals surface area contributed by atoms with Crippen LogP contribution in [0.4, 0.5) is 0 Å². The second-order valence-electron chi connectivity index (χ2n) is 4.99. The minimum atomic E-state index is 0.179. The summed E-state index contributed by atoms with van der Waals surface area (Å²) in [6, 6.07) is 0.645. The molecule has 2 N–H and O–H groups in total. The summed E-state index contributed by atoms with van der Waals surface area (Å²) < 4.78 is 0. The molecule has 0 bridgehead atoms. The van der Waals surface area contributed by atoms with Crippen molar-refractivity contribution < 1.29 is 5.11 Å². The van der Waals surface area contributed by atoms with Gasteiger partial charge < -0.3 is 15.3 Å².